The van der Waals surface area contributed by atoms with Crippen molar-refractivity contribution >= 4 is 33.7 Å². The molecule has 0 saturated heterocycles. The average Bonchev–Trinajstić information content (AvgIpc) is 3.17. The third-order valence-electron chi connectivity index (χ3n) is 5.65. The highest BCUT2D eigenvalue weighted by molar-refractivity contribution is 6.07. The predicted molar refractivity (Wildman–Crippen MR) is 128 cm³/mol. The first kappa shape index (κ1) is 21.6. The summed E-state index contributed by atoms with van der Waals surface area (Å²) in [5, 5.41) is 13.9. The first-order valence-corrected chi connectivity index (χ1v) is 11.2. The number of imidazole rings is 1. The Labute approximate surface area is 187 Å². The van der Waals surface area contributed by atoms with Gasteiger partial charge in [-0.2, -0.15) is 0 Å². The molecule has 4 N–H and O–H groups in total. The fourth-order valence-electron chi connectivity index (χ4n) is 4.00. The zero-order valence-corrected chi connectivity index (χ0v) is 18.3. The SMILES string of the molecule is CCCCc1nc2c(N)nc3ccc(O)cc3c2n1CCCCNC(=O)c1ccccc1. The first-order valence-electron chi connectivity index (χ1n) is 11.2. The molecule has 7 nitrogen and oxygen atoms in total. The number of anilines is 1. The van der Waals surface area contributed by atoms with E-state index in [0.717, 1.165) is 60.9 Å². The van der Waals surface area contributed by atoms with Crippen LogP contribution in [0.25, 0.3) is 21.9 Å². The first-order chi connectivity index (χ1) is 15.6. The number of hydrogen-bond donors (Lipinski definition) is 3. The lowest BCUT2D eigenvalue weighted by molar-refractivity contribution is 0.0953. The van der Waals surface area contributed by atoms with Crippen LogP contribution < -0.4 is 11.1 Å². The zero-order chi connectivity index (χ0) is 22.5. The number of carbonyl (C=O) groups is 1. The summed E-state index contributed by atoms with van der Waals surface area (Å²) in [5.41, 5.74) is 9.26. The molecule has 0 saturated carbocycles. The number of nitrogens with zero attached hydrogens (tertiary/aromatic N) is 3. The molecule has 0 spiro atoms. The molecule has 0 atom stereocenters. The molecule has 0 aliphatic carbocycles. The van der Waals surface area contributed by atoms with Crippen molar-refractivity contribution in [2.24, 2.45) is 0 Å². The van der Waals surface area contributed by atoms with E-state index in [0.29, 0.717) is 23.4 Å². The van der Waals surface area contributed by atoms with Crippen LogP contribution in [0.1, 0.15) is 48.8 Å². The van der Waals surface area contributed by atoms with Crippen LogP contribution in [0.3, 0.4) is 0 Å². The molecular weight excluding hydrogens is 402 g/mol. The number of aryl methyl sites for hydroxylation is 2. The number of fused-ring (bicyclic) bond motifs is 3. The lowest BCUT2D eigenvalue weighted by Crippen LogP contribution is -2.24. The van der Waals surface area contributed by atoms with Crippen LogP contribution in [0.4, 0.5) is 5.82 Å². The van der Waals surface area contributed by atoms with E-state index < -0.39 is 0 Å². The summed E-state index contributed by atoms with van der Waals surface area (Å²) < 4.78 is 2.21. The summed E-state index contributed by atoms with van der Waals surface area (Å²) in [7, 11) is 0. The second-order valence-corrected chi connectivity index (χ2v) is 8.01. The van der Waals surface area contributed by atoms with Crippen LogP contribution >= 0.6 is 0 Å². The third kappa shape index (κ3) is 4.51. The maximum Gasteiger partial charge on any atom is 0.251 e. The van der Waals surface area contributed by atoms with E-state index in [4.69, 9.17) is 10.7 Å². The summed E-state index contributed by atoms with van der Waals surface area (Å²) in [6.45, 7) is 3.52. The Balaban J connectivity index is 1.54. The number of carbonyl (C=O) groups excluding carboxylic acids is 1. The summed E-state index contributed by atoms with van der Waals surface area (Å²) in [4.78, 5) is 21.5. The quantitative estimate of drug-likeness (QED) is 0.340. The number of hydrogen-bond acceptors (Lipinski definition) is 5. The van der Waals surface area contributed by atoms with Gasteiger partial charge in [0.15, 0.2) is 5.82 Å². The lowest BCUT2D eigenvalue weighted by Gasteiger charge is -2.11. The van der Waals surface area contributed by atoms with E-state index in [1.165, 1.54) is 0 Å². The molecule has 0 bridgehead atoms. The second-order valence-electron chi connectivity index (χ2n) is 8.01. The molecule has 7 heteroatoms. The number of unbranched alkanes of at least 4 members (excludes halogenated alkanes) is 2. The van der Waals surface area contributed by atoms with Gasteiger partial charge in [0.2, 0.25) is 0 Å². The Bertz CT molecular complexity index is 1230. The van der Waals surface area contributed by atoms with E-state index >= 15 is 0 Å². The number of benzene rings is 2. The highest BCUT2D eigenvalue weighted by Crippen LogP contribution is 2.31. The number of amides is 1. The van der Waals surface area contributed by atoms with Gasteiger partial charge in [-0.1, -0.05) is 31.5 Å². The van der Waals surface area contributed by atoms with E-state index in [2.05, 4.69) is 21.8 Å². The number of nitrogens with one attached hydrogen (secondary N) is 1. The topological polar surface area (TPSA) is 106 Å². The predicted octanol–water partition coefficient (Wildman–Crippen LogP) is 4.43. The number of aromatic nitrogens is 3. The highest BCUT2D eigenvalue weighted by Gasteiger charge is 2.17. The van der Waals surface area contributed by atoms with Crippen LogP contribution in [0.2, 0.25) is 0 Å². The Morgan fingerprint density at radius 1 is 1.09 bits per heavy atom. The molecule has 0 radical (unpaired) electrons. The van der Waals surface area contributed by atoms with Crippen LogP contribution in [-0.4, -0.2) is 32.1 Å². The molecule has 2 aromatic carbocycles. The fourth-order valence-corrected chi connectivity index (χ4v) is 4.00. The molecule has 0 fully saturated rings. The normalized spacial score (nSPS) is 11.3. The van der Waals surface area contributed by atoms with Gasteiger partial charge in [0, 0.05) is 30.5 Å². The lowest BCUT2D eigenvalue weighted by atomic mass is 10.1. The van der Waals surface area contributed by atoms with Crippen LogP contribution in [0.5, 0.6) is 5.75 Å². The van der Waals surface area contributed by atoms with Gasteiger partial charge >= 0.3 is 0 Å². The minimum Gasteiger partial charge on any atom is -0.508 e. The molecule has 4 rings (SSSR count). The van der Waals surface area contributed by atoms with Gasteiger partial charge in [-0.15, -0.1) is 0 Å². The van der Waals surface area contributed by atoms with Crippen LogP contribution in [0.15, 0.2) is 48.5 Å². The Morgan fingerprint density at radius 3 is 2.69 bits per heavy atom. The number of nitrogens with two attached hydrogens (primary N) is 1. The fraction of sp³-hybridized carbons (Fsp3) is 0.320. The number of rotatable bonds is 9. The minimum atomic E-state index is -0.0531. The average molecular weight is 432 g/mol. The summed E-state index contributed by atoms with van der Waals surface area (Å²) >= 11 is 0. The maximum atomic E-state index is 12.2. The summed E-state index contributed by atoms with van der Waals surface area (Å²) in [5.74, 6) is 1.53. The van der Waals surface area contributed by atoms with Gasteiger partial charge in [-0.05, 0) is 49.6 Å². The van der Waals surface area contributed by atoms with E-state index in [1.807, 2.05) is 30.3 Å². The Morgan fingerprint density at radius 2 is 1.91 bits per heavy atom. The zero-order valence-electron chi connectivity index (χ0n) is 18.3. The molecule has 2 aromatic heterocycles. The van der Waals surface area contributed by atoms with Crippen molar-refractivity contribution in [3.63, 3.8) is 0 Å². The summed E-state index contributed by atoms with van der Waals surface area (Å²) in [6, 6.07) is 14.4. The number of pyridine rings is 1. The van der Waals surface area contributed by atoms with Gasteiger partial charge in [0.05, 0.1) is 11.0 Å². The molecule has 0 aliphatic heterocycles. The van der Waals surface area contributed by atoms with Gasteiger partial charge < -0.3 is 20.7 Å². The van der Waals surface area contributed by atoms with Crippen molar-refractivity contribution in [3.05, 3.63) is 59.9 Å². The number of phenols is 1. The Hall–Kier alpha value is -3.61. The second kappa shape index (κ2) is 9.68. The van der Waals surface area contributed by atoms with Crippen molar-refractivity contribution in [1.29, 1.82) is 0 Å². The standard InChI is InChI=1S/C25H29N5O2/c1-2-3-11-21-29-22-23(19-16-18(31)12-13-20(19)28-24(22)26)30(21)15-8-7-14-27-25(32)17-9-5-4-6-10-17/h4-6,9-10,12-13,16,31H,2-3,7-8,11,14-15H2,1H3,(H2,26,28)(H,27,32). The highest BCUT2D eigenvalue weighted by atomic mass is 16.3. The van der Waals surface area contributed by atoms with Crippen LogP contribution in [0, 0.1) is 0 Å². The van der Waals surface area contributed by atoms with Gasteiger partial charge in [0.1, 0.15) is 17.1 Å². The van der Waals surface area contributed by atoms with Gasteiger partial charge in [-0.3, -0.25) is 4.79 Å². The van der Waals surface area contributed by atoms with E-state index in [-0.39, 0.29) is 11.7 Å². The number of aromatic hydroxyl groups is 1. The molecule has 1 amide bonds. The maximum absolute atomic E-state index is 12.2. The molecule has 32 heavy (non-hydrogen) atoms. The van der Waals surface area contributed by atoms with Gasteiger partial charge in [-0.25, -0.2) is 9.97 Å². The van der Waals surface area contributed by atoms with Crippen molar-refractivity contribution in [2.45, 2.75) is 45.6 Å². The monoisotopic (exact) mass is 431 g/mol. The van der Waals surface area contributed by atoms with Crippen molar-refractivity contribution in [3.8, 4) is 5.75 Å². The van der Waals surface area contributed by atoms with Crippen molar-refractivity contribution < 1.29 is 9.90 Å². The Kier molecular flexibility index (Phi) is 6.54. The number of nitrogen functional groups attached to an aromatic ring is 1. The molecule has 0 unspecified atom stereocenters. The van der Waals surface area contributed by atoms with Crippen molar-refractivity contribution in [1.82, 2.24) is 19.9 Å². The van der Waals surface area contributed by atoms with Crippen molar-refractivity contribution in [2.75, 3.05) is 12.3 Å². The summed E-state index contributed by atoms with van der Waals surface area (Å²) in [6.07, 6.45) is 4.68. The molecule has 0 aliphatic rings. The largest absolute Gasteiger partial charge is 0.508 e. The number of phenolic OH excluding ortho intramolecular Hbond substituents is 1. The smallest absolute Gasteiger partial charge is 0.251 e. The van der Waals surface area contributed by atoms with E-state index in [1.54, 1.807) is 18.2 Å². The van der Waals surface area contributed by atoms with Crippen LogP contribution in [-0.2, 0) is 13.0 Å². The minimum absolute atomic E-state index is 0.0531. The van der Waals surface area contributed by atoms with Gasteiger partial charge in [0.25, 0.3) is 5.91 Å². The molecular formula is C25H29N5O2. The van der Waals surface area contributed by atoms with E-state index in [9.17, 15) is 9.90 Å². The molecule has 2 heterocycles. The molecule has 4 aromatic rings. The third-order valence-corrected chi connectivity index (χ3v) is 5.65. The molecule has 166 valence electrons.